The molecule has 3 rings (SSSR count). The second kappa shape index (κ2) is 5.14. The molecule has 3 N–H and O–H groups in total. The first-order valence-corrected chi connectivity index (χ1v) is 7.24. The number of hydrogen-bond acceptors (Lipinski definition) is 5. The van der Waals surface area contributed by atoms with Crippen molar-refractivity contribution in [1.82, 2.24) is 9.97 Å². The van der Waals surface area contributed by atoms with Crippen LogP contribution in [-0.2, 0) is 0 Å². The van der Waals surface area contributed by atoms with Crippen LogP contribution in [0, 0.1) is 13.8 Å². The highest BCUT2D eigenvalue weighted by Crippen LogP contribution is 2.34. The molecule has 0 spiro atoms. The number of carbonyl (C=O) groups excluding carboxylic acids is 1. The number of anilines is 2. The van der Waals surface area contributed by atoms with Crippen molar-refractivity contribution >= 4 is 38.8 Å². The van der Waals surface area contributed by atoms with Crippen LogP contribution in [0.1, 0.15) is 20.8 Å². The van der Waals surface area contributed by atoms with Gasteiger partial charge in [0.15, 0.2) is 0 Å². The summed E-state index contributed by atoms with van der Waals surface area (Å²) in [5.41, 5.74) is 9.26. The van der Waals surface area contributed by atoms with Crippen molar-refractivity contribution in [3.63, 3.8) is 0 Å². The van der Waals surface area contributed by atoms with Crippen LogP contribution in [0.3, 0.4) is 0 Å². The Kier molecular flexibility index (Phi) is 3.31. The first-order chi connectivity index (χ1) is 10.1. The molecule has 0 radical (unpaired) electrons. The number of aryl methyl sites for hydroxylation is 2. The molecule has 0 fully saturated rings. The quantitative estimate of drug-likeness (QED) is 0.761. The average molecular weight is 298 g/mol. The maximum Gasteiger partial charge on any atom is 0.267 e. The van der Waals surface area contributed by atoms with Gasteiger partial charge >= 0.3 is 0 Å². The molecule has 0 bridgehead atoms. The summed E-state index contributed by atoms with van der Waals surface area (Å²) < 4.78 is 0. The van der Waals surface area contributed by atoms with E-state index in [-0.39, 0.29) is 5.91 Å². The van der Waals surface area contributed by atoms with E-state index < -0.39 is 0 Å². The lowest BCUT2D eigenvalue weighted by Gasteiger charge is -2.04. The minimum absolute atomic E-state index is 0.234. The first kappa shape index (κ1) is 13.5. The molecule has 0 saturated heterocycles. The van der Waals surface area contributed by atoms with E-state index in [2.05, 4.69) is 15.3 Å². The summed E-state index contributed by atoms with van der Waals surface area (Å²) in [5, 5.41) is 3.68. The number of hydrogen-bond donors (Lipinski definition) is 2. The minimum atomic E-state index is -0.234. The van der Waals surface area contributed by atoms with Crippen molar-refractivity contribution in [2.45, 2.75) is 13.8 Å². The minimum Gasteiger partial charge on any atom is -0.397 e. The molecule has 6 heteroatoms. The Morgan fingerprint density at radius 2 is 2.14 bits per heavy atom. The monoisotopic (exact) mass is 298 g/mol. The van der Waals surface area contributed by atoms with Crippen molar-refractivity contribution in [1.29, 1.82) is 0 Å². The Bertz CT molecular complexity index is 841. The lowest BCUT2D eigenvalue weighted by atomic mass is 10.2. The molecule has 21 heavy (non-hydrogen) atoms. The van der Waals surface area contributed by atoms with E-state index >= 15 is 0 Å². The largest absolute Gasteiger partial charge is 0.397 e. The topological polar surface area (TPSA) is 80.9 Å². The summed E-state index contributed by atoms with van der Waals surface area (Å²) in [4.78, 5) is 22.0. The maximum atomic E-state index is 12.4. The molecule has 0 aliphatic rings. The van der Waals surface area contributed by atoms with Gasteiger partial charge in [-0.05, 0) is 37.1 Å². The Morgan fingerprint density at radius 3 is 2.86 bits per heavy atom. The average Bonchev–Trinajstić information content (AvgIpc) is 2.77. The molecule has 5 nitrogen and oxygen atoms in total. The molecular formula is C15H14N4OS. The van der Waals surface area contributed by atoms with Gasteiger partial charge in [0.1, 0.15) is 9.71 Å². The van der Waals surface area contributed by atoms with Crippen LogP contribution in [0.15, 0.2) is 30.7 Å². The van der Waals surface area contributed by atoms with Gasteiger partial charge in [0.25, 0.3) is 5.91 Å². The van der Waals surface area contributed by atoms with E-state index in [1.54, 1.807) is 18.6 Å². The zero-order chi connectivity index (χ0) is 15.0. The molecule has 3 heterocycles. The van der Waals surface area contributed by atoms with Crippen LogP contribution in [0.4, 0.5) is 11.4 Å². The highest BCUT2D eigenvalue weighted by atomic mass is 32.1. The molecule has 0 aromatic carbocycles. The van der Waals surface area contributed by atoms with Gasteiger partial charge in [0.05, 0.1) is 17.6 Å². The van der Waals surface area contributed by atoms with Gasteiger partial charge in [0, 0.05) is 17.8 Å². The summed E-state index contributed by atoms with van der Waals surface area (Å²) in [6.45, 7) is 3.88. The van der Waals surface area contributed by atoms with Gasteiger partial charge in [-0.2, -0.15) is 0 Å². The molecular weight excluding hydrogens is 284 g/mol. The van der Waals surface area contributed by atoms with Gasteiger partial charge < -0.3 is 11.1 Å². The van der Waals surface area contributed by atoms with Gasteiger partial charge in [-0.3, -0.25) is 9.78 Å². The van der Waals surface area contributed by atoms with Crippen molar-refractivity contribution in [3.8, 4) is 0 Å². The lowest BCUT2D eigenvalue weighted by molar-refractivity contribution is 0.103. The number of thiophene rings is 1. The third-order valence-corrected chi connectivity index (χ3v) is 4.29. The first-order valence-electron chi connectivity index (χ1n) is 6.43. The van der Waals surface area contributed by atoms with Crippen LogP contribution < -0.4 is 11.1 Å². The molecule has 1 amide bonds. The van der Waals surface area contributed by atoms with Gasteiger partial charge in [-0.1, -0.05) is 0 Å². The SMILES string of the molecule is Cc1cncc(NC(=O)c2sc3nccc(C)c3c2N)c1. The molecule has 0 aliphatic carbocycles. The summed E-state index contributed by atoms with van der Waals surface area (Å²) in [6, 6.07) is 3.75. The number of carbonyl (C=O) groups is 1. The van der Waals surface area contributed by atoms with Crippen LogP contribution in [0.2, 0.25) is 0 Å². The fourth-order valence-corrected chi connectivity index (χ4v) is 3.22. The van der Waals surface area contributed by atoms with Gasteiger partial charge in [-0.25, -0.2) is 4.98 Å². The molecule has 0 unspecified atom stereocenters. The zero-order valence-electron chi connectivity index (χ0n) is 11.7. The number of fused-ring (bicyclic) bond motifs is 1. The Morgan fingerprint density at radius 1 is 1.33 bits per heavy atom. The highest BCUT2D eigenvalue weighted by molar-refractivity contribution is 7.21. The standard InChI is InChI=1S/C15H14N4OS/c1-8-5-10(7-17-6-8)19-14(20)13-12(16)11-9(2)3-4-18-15(11)21-13/h3-7H,16H2,1-2H3,(H,19,20). The molecule has 0 aliphatic heterocycles. The third-order valence-electron chi connectivity index (χ3n) is 3.18. The molecule has 3 aromatic heterocycles. The van der Waals surface area contributed by atoms with E-state index in [0.717, 1.165) is 21.3 Å². The van der Waals surface area contributed by atoms with Crippen molar-refractivity contribution in [2.75, 3.05) is 11.1 Å². The van der Waals surface area contributed by atoms with Gasteiger partial charge in [0.2, 0.25) is 0 Å². The van der Waals surface area contributed by atoms with Crippen LogP contribution in [0.25, 0.3) is 10.2 Å². The fourth-order valence-electron chi connectivity index (χ4n) is 2.18. The Balaban J connectivity index is 1.99. The second-order valence-corrected chi connectivity index (χ2v) is 5.86. The highest BCUT2D eigenvalue weighted by Gasteiger charge is 2.18. The summed E-state index contributed by atoms with van der Waals surface area (Å²) >= 11 is 1.30. The van der Waals surface area contributed by atoms with E-state index in [1.807, 2.05) is 26.0 Å². The maximum absolute atomic E-state index is 12.4. The van der Waals surface area contributed by atoms with Crippen LogP contribution in [0.5, 0.6) is 0 Å². The number of nitrogens with zero attached hydrogens (tertiary/aromatic N) is 2. The summed E-state index contributed by atoms with van der Waals surface area (Å²) in [5.74, 6) is -0.234. The van der Waals surface area contributed by atoms with Crippen LogP contribution >= 0.6 is 11.3 Å². The van der Waals surface area contributed by atoms with E-state index in [4.69, 9.17) is 5.73 Å². The fraction of sp³-hybridized carbons (Fsp3) is 0.133. The van der Waals surface area contributed by atoms with E-state index in [0.29, 0.717) is 16.3 Å². The van der Waals surface area contributed by atoms with Gasteiger partial charge in [-0.15, -0.1) is 11.3 Å². The molecule has 3 aromatic rings. The number of nitrogens with two attached hydrogens (primary N) is 1. The predicted octanol–water partition coefficient (Wildman–Crippen LogP) is 3.14. The number of nitrogen functional groups attached to an aromatic ring is 1. The van der Waals surface area contributed by atoms with E-state index in [1.165, 1.54) is 11.3 Å². The normalized spacial score (nSPS) is 10.8. The van der Waals surface area contributed by atoms with Crippen molar-refractivity contribution < 1.29 is 4.79 Å². The predicted molar refractivity (Wildman–Crippen MR) is 85.7 cm³/mol. The third kappa shape index (κ3) is 2.45. The summed E-state index contributed by atoms with van der Waals surface area (Å²) in [6.07, 6.45) is 5.06. The number of rotatable bonds is 2. The van der Waals surface area contributed by atoms with Crippen molar-refractivity contribution in [2.24, 2.45) is 0 Å². The molecule has 0 saturated carbocycles. The lowest BCUT2D eigenvalue weighted by Crippen LogP contribution is -2.12. The van der Waals surface area contributed by atoms with Crippen molar-refractivity contribution in [3.05, 3.63) is 46.7 Å². The smallest absolute Gasteiger partial charge is 0.267 e. The van der Waals surface area contributed by atoms with E-state index in [9.17, 15) is 4.79 Å². The number of pyridine rings is 2. The summed E-state index contributed by atoms with van der Waals surface area (Å²) in [7, 11) is 0. The molecule has 0 atom stereocenters. The number of nitrogens with one attached hydrogen (secondary N) is 1. The number of amides is 1. The molecule has 106 valence electrons. The zero-order valence-corrected chi connectivity index (χ0v) is 12.5. The van der Waals surface area contributed by atoms with Crippen LogP contribution in [-0.4, -0.2) is 15.9 Å². The Hall–Kier alpha value is -2.47. The Labute approximate surface area is 125 Å². The second-order valence-electron chi connectivity index (χ2n) is 4.86. The number of aromatic nitrogens is 2.